The largest absolute Gasteiger partial charge is 0.392 e. The van der Waals surface area contributed by atoms with Gasteiger partial charge in [0.15, 0.2) is 0 Å². The number of benzene rings is 1. The highest BCUT2D eigenvalue weighted by Gasteiger charge is 2.18. The molecule has 5 nitrogen and oxygen atoms in total. The van der Waals surface area contributed by atoms with Gasteiger partial charge in [0.05, 0.1) is 6.61 Å². The topological polar surface area (TPSA) is 52.5 Å². The van der Waals surface area contributed by atoms with Gasteiger partial charge in [0, 0.05) is 49.8 Å². The first-order chi connectivity index (χ1) is 9.86. The summed E-state index contributed by atoms with van der Waals surface area (Å²) >= 11 is 0. The molecule has 3 rings (SSSR count). The Balaban J connectivity index is 1.63. The highest BCUT2D eigenvalue weighted by atomic mass is 16.3. The molecule has 1 aromatic heterocycles. The summed E-state index contributed by atoms with van der Waals surface area (Å²) in [5.74, 6) is 0.745. The maximum absolute atomic E-state index is 9.00. The molecular weight excluding hydrogens is 252 g/mol. The molecule has 0 bridgehead atoms. The standard InChI is InChI=1S/C15H18N4O/c20-12-13-10-16-15(17-11-13)19-8-6-18(7-9-19)14-4-2-1-3-5-14/h1-5,10-11,20H,6-9,12H2. The molecule has 2 heterocycles. The summed E-state index contributed by atoms with van der Waals surface area (Å²) in [6.07, 6.45) is 3.37. The van der Waals surface area contributed by atoms with E-state index in [1.165, 1.54) is 5.69 Å². The van der Waals surface area contributed by atoms with Crippen LogP contribution in [-0.4, -0.2) is 41.3 Å². The van der Waals surface area contributed by atoms with E-state index in [0.29, 0.717) is 0 Å². The van der Waals surface area contributed by atoms with Crippen molar-refractivity contribution in [1.29, 1.82) is 0 Å². The Hall–Kier alpha value is -2.14. The lowest BCUT2D eigenvalue weighted by Gasteiger charge is -2.36. The van der Waals surface area contributed by atoms with Crippen molar-refractivity contribution in [3.05, 3.63) is 48.3 Å². The van der Waals surface area contributed by atoms with Crippen LogP contribution >= 0.6 is 0 Å². The maximum Gasteiger partial charge on any atom is 0.225 e. The zero-order valence-corrected chi connectivity index (χ0v) is 11.3. The summed E-state index contributed by atoms with van der Waals surface area (Å²) in [6, 6.07) is 10.5. The lowest BCUT2D eigenvalue weighted by molar-refractivity contribution is 0.281. The van der Waals surface area contributed by atoms with Crippen LogP contribution in [-0.2, 0) is 6.61 Å². The van der Waals surface area contributed by atoms with Crippen LogP contribution in [0.5, 0.6) is 0 Å². The van der Waals surface area contributed by atoms with Crippen molar-refractivity contribution in [3.63, 3.8) is 0 Å². The highest BCUT2D eigenvalue weighted by molar-refractivity contribution is 5.48. The van der Waals surface area contributed by atoms with Crippen molar-refractivity contribution in [3.8, 4) is 0 Å². The lowest BCUT2D eigenvalue weighted by atomic mass is 10.2. The van der Waals surface area contributed by atoms with E-state index in [4.69, 9.17) is 5.11 Å². The zero-order valence-electron chi connectivity index (χ0n) is 11.3. The summed E-state index contributed by atoms with van der Waals surface area (Å²) in [4.78, 5) is 13.2. The smallest absolute Gasteiger partial charge is 0.225 e. The van der Waals surface area contributed by atoms with Crippen LogP contribution in [0.3, 0.4) is 0 Å². The van der Waals surface area contributed by atoms with Crippen LogP contribution < -0.4 is 9.80 Å². The Morgan fingerprint density at radius 2 is 1.50 bits per heavy atom. The quantitative estimate of drug-likeness (QED) is 0.911. The van der Waals surface area contributed by atoms with E-state index in [1.54, 1.807) is 12.4 Å². The molecule has 0 radical (unpaired) electrons. The minimum absolute atomic E-state index is 0.0118. The summed E-state index contributed by atoms with van der Waals surface area (Å²) in [6.45, 7) is 3.74. The Morgan fingerprint density at radius 3 is 2.10 bits per heavy atom. The van der Waals surface area contributed by atoms with E-state index in [-0.39, 0.29) is 6.61 Å². The van der Waals surface area contributed by atoms with Crippen molar-refractivity contribution in [2.75, 3.05) is 36.0 Å². The molecule has 1 saturated heterocycles. The average molecular weight is 270 g/mol. The molecule has 0 unspecified atom stereocenters. The van der Waals surface area contributed by atoms with Gasteiger partial charge in [0.2, 0.25) is 5.95 Å². The summed E-state index contributed by atoms with van der Waals surface area (Å²) in [7, 11) is 0. The second-order valence-corrected chi connectivity index (χ2v) is 4.86. The fourth-order valence-corrected chi connectivity index (χ4v) is 2.40. The number of aliphatic hydroxyl groups excluding tert-OH is 1. The number of para-hydroxylation sites is 1. The summed E-state index contributed by atoms with van der Waals surface area (Å²) in [5.41, 5.74) is 2.01. The van der Waals surface area contributed by atoms with Crippen molar-refractivity contribution >= 4 is 11.6 Å². The van der Waals surface area contributed by atoms with Gasteiger partial charge < -0.3 is 14.9 Å². The number of piperazine rings is 1. The minimum Gasteiger partial charge on any atom is -0.392 e. The maximum atomic E-state index is 9.00. The summed E-state index contributed by atoms with van der Waals surface area (Å²) < 4.78 is 0. The van der Waals surface area contributed by atoms with Gasteiger partial charge >= 0.3 is 0 Å². The van der Waals surface area contributed by atoms with Gasteiger partial charge in [-0.15, -0.1) is 0 Å². The van der Waals surface area contributed by atoms with Gasteiger partial charge in [-0.25, -0.2) is 9.97 Å². The Morgan fingerprint density at radius 1 is 0.900 bits per heavy atom. The van der Waals surface area contributed by atoms with Crippen LogP contribution in [0.15, 0.2) is 42.7 Å². The second kappa shape index (κ2) is 5.88. The molecule has 0 saturated carbocycles. The molecule has 20 heavy (non-hydrogen) atoms. The zero-order chi connectivity index (χ0) is 13.8. The number of anilines is 2. The van der Waals surface area contributed by atoms with Crippen molar-refractivity contribution in [2.45, 2.75) is 6.61 Å². The monoisotopic (exact) mass is 270 g/mol. The number of aromatic nitrogens is 2. The fourth-order valence-electron chi connectivity index (χ4n) is 2.40. The molecule has 2 aromatic rings. The van der Waals surface area contributed by atoms with Crippen molar-refractivity contribution in [2.24, 2.45) is 0 Å². The molecule has 5 heteroatoms. The first-order valence-electron chi connectivity index (χ1n) is 6.83. The van der Waals surface area contributed by atoms with E-state index < -0.39 is 0 Å². The van der Waals surface area contributed by atoms with Gasteiger partial charge in [-0.05, 0) is 12.1 Å². The van der Waals surface area contributed by atoms with Gasteiger partial charge in [-0.1, -0.05) is 18.2 Å². The first kappa shape index (κ1) is 12.9. The molecule has 1 fully saturated rings. The van der Waals surface area contributed by atoms with E-state index in [2.05, 4.69) is 44.0 Å². The third-order valence-electron chi connectivity index (χ3n) is 3.56. The molecule has 104 valence electrons. The molecule has 0 amide bonds. The summed E-state index contributed by atoms with van der Waals surface area (Å²) in [5, 5.41) is 9.00. The second-order valence-electron chi connectivity index (χ2n) is 4.86. The Kier molecular flexibility index (Phi) is 3.78. The fraction of sp³-hybridized carbons (Fsp3) is 0.333. The Bertz CT molecular complexity index is 536. The molecular formula is C15H18N4O. The van der Waals surface area contributed by atoms with E-state index in [1.807, 2.05) is 6.07 Å². The molecule has 1 aliphatic heterocycles. The lowest BCUT2D eigenvalue weighted by Crippen LogP contribution is -2.47. The van der Waals surface area contributed by atoms with E-state index in [0.717, 1.165) is 37.7 Å². The molecule has 0 aliphatic carbocycles. The molecule has 1 aliphatic rings. The normalized spacial score (nSPS) is 15.4. The number of hydrogen-bond donors (Lipinski definition) is 1. The van der Waals surface area contributed by atoms with E-state index >= 15 is 0 Å². The SMILES string of the molecule is OCc1cnc(N2CCN(c3ccccc3)CC2)nc1. The molecule has 0 spiro atoms. The Labute approximate surface area is 118 Å². The molecule has 1 aromatic carbocycles. The van der Waals surface area contributed by atoms with Crippen LogP contribution in [0.2, 0.25) is 0 Å². The van der Waals surface area contributed by atoms with Crippen molar-refractivity contribution < 1.29 is 5.11 Å². The van der Waals surface area contributed by atoms with Gasteiger partial charge in [-0.3, -0.25) is 0 Å². The van der Waals surface area contributed by atoms with Crippen LogP contribution in [0, 0.1) is 0 Å². The molecule has 1 N–H and O–H groups in total. The van der Waals surface area contributed by atoms with E-state index in [9.17, 15) is 0 Å². The third-order valence-corrected chi connectivity index (χ3v) is 3.56. The average Bonchev–Trinajstić information content (AvgIpc) is 2.56. The van der Waals surface area contributed by atoms with Crippen LogP contribution in [0.25, 0.3) is 0 Å². The number of aliphatic hydroxyl groups is 1. The number of rotatable bonds is 3. The van der Waals surface area contributed by atoms with Crippen molar-refractivity contribution in [1.82, 2.24) is 9.97 Å². The van der Waals surface area contributed by atoms with Gasteiger partial charge in [0.1, 0.15) is 0 Å². The van der Waals surface area contributed by atoms with Crippen LogP contribution in [0.4, 0.5) is 11.6 Å². The van der Waals surface area contributed by atoms with Gasteiger partial charge in [0.25, 0.3) is 0 Å². The first-order valence-corrected chi connectivity index (χ1v) is 6.83. The predicted octanol–water partition coefficient (Wildman–Crippen LogP) is 1.30. The minimum atomic E-state index is -0.0118. The number of nitrogens with zero attached hydrogens (tertiary/aromatic N) is 4. The predicted molar refractivity (Wildman–Crippen MR) is 78.8 cm³/mol. The highest BCUT2D eigenvalue weighted by Crippen LogP contribution is 2.17. The molecule has 0 atom stereocenters. The van der Waals surface area contributed by atoms with Crippen LogP contribution in [0.1, 0.15) is 5.56 Å². The number of hydrogen-bond acceptors (Lipinski definition) is 5. The third kappa shape index (κ3) is 2.72. The van der Waals surface area contributed by atoms with Gasteiger partial charge in [-0.2, -0.15) is 0 Å².